The molecule has 0 spiro atoms. The van der Waals surface area contributed by atoms with Gasteiger partial charge in [-0.1, -0.05) is 25.1 Å². The van der Waals surface area contributed by atoms with Gasteiger partial charge in [-0.3, -0.25) is 4.79 Å². The van der Waals surface area contributed by atoms with Gasteiger partial charge in [0.25, 0.3) is 16.6 Å². The number of aromatic nitrogens is 2. The van der Waals surface area contributed by atoms with Crippen molar-refractivity contribution in [2.75, 3.05) is 6.61 Å². The number of rotatable bonds is 5. The average molecular weight is 312 g/mol. The molecule has 0 bridgehead atoms. The second-order valence-electron chi connectivity index (χ2n) is 5.28. The molecule has 0 fully saturated rings. The molecule has 0 radical (unpaired) electrons. The molecule has 3 rings (SSSR count). The largest absolute Gasteiger partial charge is 0.617 e. The van der Waals surface area contributed by atoms with E-state index in [1.807, 2.05) is 6.92 Å². The lowest BCUT2D eigenvalue weighted by molar-refractivity contribution is -0.591. The molecular weight excluding hydrogens is 296 g/mol. The topological polar surface area (TPSA) is 80.2 Å². The minimum atomic E-state index is -0.112. The molecule has 6 heteroatoms. The summed E-state index contributed by atoms with van der Waals surface area (Å²) in [6.07, 6.45) is 1.16. The van der Waals surface area contributed by atoms with E-state index in [2.05, 4.69) is 0 Å². The molecule has 118 valence electrons. The van der Waals surface area contributed by atoms with E-state index in [9.17, 15) is 15.2 Å². The van der Waals surface area contributed by atoms with E-state index in [4.69, 9.17) is 4.74 Å². The standard InChI is InChI=1S/C17H16N2O4/c1-2-6-12(20)11-23-16-10-5-9-15-17(16)19(22)14-8-4-3-7-13(14)18(15)21/h3-5,7-10H,2,6,11H2,1H3. The van der Waals surface area contributed by atoms with Gasteiger partial charge in [0.15, 0.2) is 11.5 Å². The van der Waals surface area contributed by atoms with Crippen molar-refractivity contribution in [3.05, 3.63) is 52.9 Å². The van der Waals surface area contributed by atoms with E-state index < -0.39 is 0 Å². The van der Waals surface area contributed by atoms with Crippen LogP contribution in [0, 0.1) is 10.4 Å². The molecular formula is C17H16N2O4. The highest BCUT2D eigenvalue weighted by Gasteiger charge is 2.24. The van der Waals surface area contributed by atoms with Crippen LogP contribution < -0.4 is 14.2 Å². The quantitative estimate of drug-likeness (QED) is 0.410. The van der Waals surface area contributed by atoms with Gasteiger partial charge in [0.2, 0.25) is 0 Å². The van der Waals surface area contributed by atoms with Crippen molar-refractivity contribution in [2.45, 2.75) is 19.8 Å². The minimum absolute atomic E-state index is 0.0438. The van der Waals surface area contributed by atoms with Gasteiger partial charge in [0.05, 0.1) is 0 Å². The number of fused-ring (bicyclic) bond motifs is 2. The van der Waals surface area contributed by atoms with Crippen molar-refractivity contribution in [1.29, 1.82) is 0 Å². The highest BCUT2D eigenvalue weighted by molar-refractivity contribution is 5.82. The van der Waals surface area contributed by atoms with E-state index in [0.29, 0.717) is 15.9 Å². The predicted octanol–water partition coefficient (Wildman–Crippen LogP) is 2.01. The van der Waals surface area contributed by atoms with Crippen LogP contribution in [0.5, 0.6) is 5.75 Å². The van der Waals surface area contributed by atoms with E-state index >= 15 is 0 Å². The number of benzene rings is 2. The molecule has 0 saturated heterocycles. The van der Waals surface area contributed by atoms with Crippen molar-refractivity contribution in [1.82, 2.24) is 0 Å². The van der Waals surface area contributed by atoms with Crippen LogP contribution in [0.2, 0.25) is 0 Å². The number of ether oxygens (including phenoxy) is 1. The van der Waals surface area contributed by atoms with Crippen LogP contribution in [0.4, 0.5) is 0 Å². The number of hydrogen-bond acceptors (Lipinski definition) is 4. The number of para-hydroxylation sites is 3. The third kappa shape index (κ3) is 2.63. The van der Waals surface area contributed by atoms with Crippen molar-refractivity contribution >= 4 is 27.9 Å². The molecule has 3 aromatic rings. The Morgan fingerprint density at radius 1 is 1.00 bits per heavy atom. The van der Waals surface area contributed by atoms with E-state index in [1.54, 1.807) is 42.5 Å². The monoisotopic (exact) mass is 312 g/mol. The summed E-state index contributed by atoms with van der Waals surface area (Å²) in [6.45, 7) is 1.80. The first-order valence-electron chi connectivity index (χ1n) is 7.44. The van der Waals surface area contributed by atoms with Crippen LogP contribution in [0.1, 0.15) is 19.8 Å². The maximum atomic E-state index is 12.6. The Bertz CT molecular complexity index is 893. The van der Waals surface area contributed by atoms with Crippen molar-refractivity contribution < 1.29 is 19.0 Å². The fourth-order valence-corrected chi connectivity index (χ4v) is 2.56. The Hall–Kier alpha value is -2.89. The van der Waals surface area contributed by atoms with Gasteiger partial charge in [-0.25, -0.2) is 0 Å². The van der Waals surface area contributed by atoms with Gasteiger partial charge in [-0.05, 0) is 12.5 Å². The van der Waals surface area contributed by atoms with Gasteiger partial charge >= 0.3 is 5.52 Å². The Morgan fingerprint density at radius 3 is 2.35 bits per heavy atom. The van der Waals surface area contributed by atoms with Crippen molar-refractivity contribution in [2.24, 2.45) is 0 Å². The molecule has 23 heavy (non-hydrogen) atoms. The minimum Gasteiger partial charge on any atom is -0.617 e. The summed E-state index contributed by atoms with van der Waals surface area (Å²) in [7, 11) is 0. The Kier molecular flexibility index (Phi) is 3.97. The molecule has 0 amide bonds. The van der Waals surface area contributed by atoms with E-state index in [0.717, 1.165) is 6.42 Å². The first-order chi connectivity index (χ1) is 11.1. The van der Waals surface area contributed by atoms with Gasteiger partial charge in [0, 0.05) is 24.6 Å². The number of Topliss-reactive ketones (excluding diaryl/α,β-unsaturated/α-hetero) is 1. The summed E-state index contributed by atoms with van der Waals surface area (Å²) < 4.78 is 6.88. The lowest BCUT2D eigenvalue weighted by Crippen LogP contribution is -2.39. The first-order valence-corrected chi connectivity index (χ1v) is 7.44. The molecule has 2 aromatic carbocycles. The zero-order valence-corrected chi connectivity index (χ0v) is 12.7. The van der Waals surface area contributed by atoms with E-state index in [-0.39, 0.29) is 40.2 Å². The normalized spacial score (nSPS) is 11.0. The van der Waals surface area contributed by atoms with Gasteiger partial charge in [-0.2, -0.15) is 9.46 Å². The van der Waals surface area contributed by atoms with Crippen LogP contribution in [-0.2, 0) is 4.79 Å². The van der Waals surface area contributed by atoms with Crippen molar-refractivity contribution in [3.63, 3.8) is 0 Å². The first kappa shape index (κ1) is 15.0. The van der Waals surface area contributed by atoms with Crippen LogP contribution in [0.3, 0.4) is 0 Å². The molecule has 0 aliphatic heterocycles. The zero-order valence-electron chi connectivity index (χ0n) is 12.7. The molecule has 0 N–H and O–H groups in total. The third-order valence-electron chi connectivity index (χ3n) is 3.64. The highest BCUT2D eigenvalue weighted by atomic mass is 16.5. The Labute approximate surface area is 132 Å². The number of carbonyl (C=O) groups is 1. The number of ketones is 1. The third-order valence-corrected chi connectivity index (χ3v) is 3.64. The second kappa shape index (κ2) is 6.08. The average Bonchev–Trinajstić information content (AvgIpc) is 2.58. The summed E-state index contributed by atoms with van der Waals surface area (Å²) in [5, 5.41) is 25.1. The predicted molar refractivity (Wildman–Crippen MR) is 84.8 cm³/mol. The SMILES string of the molecule is CCCC(=O)COc1cccc2c1[n+]([O-])c1ccccc1[n+]2[O-]. The summed E-state index contributed by atoms with van der Waals surface area (Å²) in [4.78, 5) is 11.6. The molecule has 0 atom stereocenters. The summed E-state index contributed by atoms with van der Waals surface area (Å²) in [6, 6.07) is 11.3. The van der Waals surface area contributed by atoms with Gasteiger partial charge in [-0.15, -0.1) is 0 Å². The smallest absolute Gasteiger partial charge is 0.332 e. The van der Waals surface area contributed by atoms with Gasteiger partial charge < -0.3 is 15.2 Å². The number of nitrogens with zero attached hydrogens (tertiary/aromatic N) is 2. The highest BCUT2D eigenvalue weighted by Crippen LogP contribution is 2.22. The molecule has 0 saturated carbocycles. The maximum Gasteiger partial charge on any atom is 0.332 e. The summed E-state index contributed by atoms with van der Waals surface area (Å²) in [5.41, 5.74) is 0.879. The molecule has 6 nitrogen and oxygen atoms in total. The fourth-order valence-electron chi connectivity index (χ4n) is 2.56. The van der Waals surface area contributed by atoms with Crippen LogP contribution in [-0.4, -0.2) is 12.4 Å². The van der Waals surface area contributed by atoms with E-state index in [1.165, 1.54) is 0 Å². The Balaban J connectivity index is 2.15. The van der Waals surface area contributed by atoms with Crippen molar-refractivity contribution in [3.8, 4) is 5.75 Å². The number of carbonyl (C=O) groups excluding carboxylic acids is 1. The lowest BCUT2D eigenvalue weighted by atomic mass is 10.2. The maximum absolute atomic E-state index is 12.6. The second-order valence-corrected chi connectivity index (χ2v) is 5.28. The summed E-state index contributed by atoms with van der Waals surface area (Å²) >= 11 is 0. The fraction of sp³-hybridized carbons (Fsp3) is 0.235. The molecule has 0 unspecified atom stereocenters. The van der Waals surface area contributed by atoms with Crippen LogP contribution in [0.25, 0.3) is 22.1 Å². The molecule has 1 aromatic heterocycles. The van der Waals surface area contributed by atoms with Crippen LogP contribution in [0.15, 0.2) is 42.5 Å². The summed E-state index contributed by atoms with van der Waals surface area (Å²) in [5.74, 6) is 0.190. The molecule has 1 heterocycles. The molecule has 0 aliphatic rings. The zero-order chi connectivity index (χ0) is 16.4. The number of hydrogen-bond donors (Lipinski definition) is 0. The molecule has 0 aliphatic carbocycles. The Morgan fingerprint density at radius 2 is 1.65 bits per heavy atom. The van der Waals surface area contributed by atoms with Crippen LogP contribution >= 0.6 is 0 Å². The lowest BCUT2D eigenvalue weighted by Gasteiger charge is -2.10. The van der Waals surface area contributed by atoms with Gasteiger partial charge in [0.1, 0.15) is 6.61 Å².